The third-order valence-electron chi connectivity index (χ3n) is 9.66. The van der Waals surface area contributed by atoms with Gasteiger partial charge in [-0.25, -0.2) is 15.0 Å². The molecular weight excluding hydrogens is 820 g/mol. The molecule has 3 aliphatic heterocycles. The summed E-state index contributed by atoms with van der Waals surface area (Å²) in [6.45, 7) is 9.69. The zero-order chi connectivity index (χ0) is 40.9. The maximum absolute atomic E-state index is 13.0. The zero-order valence-electron chi connectivity index (χ0n) is 32.5. The summed E-state index contributed by atoms with van der Waals surface area (Å²) in [5, 5.41) is 26.9. The Labute approximate surface area is 352 Å². The van der Waals surface area contributed by atoms with Gasteiger partial charge in [-0.05, 0) is 38.1 Å². The fraction of sp³-hybridized carbons (Fsp3) is 0.436. The number of aromatic amines is 1. The molecule has 312 valence electrons. The van der Waals surface area contributed by atoms with E-state index in [0.29, 0.717) is 97.5 Å². The first kappa shape index (κ1) is 41.2. The second kappa shape index (κ2) is 18.4. The van der Waals surface area contributed by atoms with Gasteiger partial charge < -0.3 is 49.6 Å². The fourth-order valence-electron chi connectivity index (χ4n) is 6.67. The van der Waals surface area contributed by atoms with Gasteiger partial charge in [-0.15, -0.1) is 22.7 Å². The van der Waals surface area contributed by atoms with Crippen molar-refractivity contribution in [3.05, 3.63) is 64.0 Å². The minimum absolute atomic E-state index is 0.0629. The van der Waals surface area contributed by atoms with E-state index in [1.807, 2.05) is 67.3 Å². The van der Waals surface area contributed by atoms with Crippen LogP contribution in [0.15, 0.2) is 53.3 Å². The van der Waals surface area contributed by atoms with Crippen LogP contribution in [0.2, 0.25) is 5.15 Å². The molecule has 0 spiro atoms. The predicted molar refractivity (Wildman–Crippen MR) is 230 cm³/mol. The Morgan fingerprint density at radius 2 is 1.44 bits per heavy atom. The Bertz CT molecular complexity index is 2370. The lowest BCUT2D eigenvalue weighted by Gasteiger charge is -2.27. The number of anilines is 4. The maximum atomic E-state index is 13.0. The first-order chi connectivity index (χ1) is 28.6. The highest BCUT2D eigenvalue weighted by Crippen LogP contribution is 2.39. The molecule has 2 atom stereocenters. The van der Waals surface area contributed by atoms with E-state index in [0.717, 1.165) is 38.5 Å². The van der Waals surface area contributed by atoms with Gasteiger partial charge in [-0.2, -0.15) is 9.97 Å². The van der Waals surface area contributed by atoms with E-state index in [2.05, 4.69) is 35.5 Å². The molecule has 59 heavy (non-hydrogen) atoms. The molecule has 3 fully saturated rings. The lowest BCUT2D eigenvalue weighted by Crippen LogP contribution is -2.38. The molecule has 0 amide bonds. The molecule has 2 unspecified atom stereocenters. The SMILES string of the molecule is CC1(C)OCC(CNc2nc(N3CCOCC3)nc(Cl)c2-c2nc3ccccc3s2)O1.O=c1[nH]c(N2CCOCC2)nc(NCC(O)CO)c1-c1nc2ccccc2s1. The van der Waals surface area contributed by atoms with Gasteiger partial charge in [-0.3, -0.25) is 9.78 Å². The Morgan fingerprint density at radius 1 is 0.847 bits per heavy atom. The van der Waals surface area contributed by atoms with Gasteiger partial charge in [0, 0.05) is 39.3 Å². The van der Waals surface area contributed by atoms with Crippen LogP contribution < -0.4 is 26.0 Å². The van der Waals surface area contributed by atoms with Crippen molar-refractivity contribution in [3.8, 4) is 21.1 Å². The quantitative estimate of drug-likeness (QED) is 0.114. The lowest BCUT2D eigenvalue weighted by atomic mass is 10.3. The summed E-state index contributed by atoms with van der Waals surface area (Å²) in [5.41, 5.74) is 2.45. The predicted octanol–water partition coefficient (Wildman–Crippen LogP) is 4.46. The molecule has 0 bridgehead atoms. The van der Waals surface area contributed by atoms with Crippen LogP contribution in [0.25, 0.3) is 41.6 Å². The molecule has 7 heterocycles. The van der Waals surface area contributed by atoms with Crippen molar-refractivity contribution in [3.63, 3.8) is 0 Å². The van der Waals surface area contributed by atoms with E-state index < -0.39 is 11.9 Å². The van der Waals surface area contributed by atoms with Crippen molar-refractivity contribution in [2.45, 2.75) is 31.8 Å². The smallest absolute Gasteiger partial charge is 0.264 e. The summed E-state index contributed by atoms with van der Waals surface area (Å²) in [5.74, 6) is 1.43. The van der Waals surface area contributed by atoms with E-state index in [4.69, 9.17) is 45.6 Å². The number of thiazole rings is 2. The molecule has 0 radical (unpaired) electrons. The van der Waals surface area contributed by atoms with Gasteiger partial charge in [0.25, 0.3) is 5.56 Å². The van der Waals surface area contributed by atoms with Crippen LogP contribution in [-0.2, 0) is 18.9 Å². The topological polar surface area (TPSA) is 205 Å². The van der Waals surface area contributed by atoms with E-state index in [9.17, 15) is 9.90 Å². The number of ether oxygens (including phenoxy) is 4. The third kappa shape index (κ3) is 9.74. The number of H-pyrrole nitrogens is 1. The van der Waals surface area contributed by atoms with Crippen molar-refractivity contribution >= 4 is 78.2 Å². The van der Waals surface area contributed by atoms with E-state index in [-0.39, 0.29) is 24.8 Å². The standard InChI is InChI=1S/C21H24ClN5O3S.C18H21N5O4S/c1-21(2)29-12-13(30-21)11-23-18-16(19-24-14-5-3-4-6-15(14)31-19)17(22)25-20(26-18)27-7-9-28-10-8-27;24-10-11(25)9-19-15-14(17-20-12-3-1-2-4-13(12)28-17)16(26)22-18(21-15)23-5-7-27-8-6-23/h3-6,13H,7-12H2,1-2H3,(H,23,25,26);1-4,11,24-25H,5-10H2,(H2,19,21,22,26). The second-order valence-corrected chi connectivity index (χ2v) is 16.8. The van der Waals surface area contributed by atoms with Crippen molar-refractivity contribution in [2.24, 2.45) is 0 Å². The minimum Gasteiger partial charge on any atom is -0.394 e. The van der Waals surface area contributed by atoms with Gasteiger partial charge in [-0.1, -0.05) is 35.9 Å². The molecule has 0 aliphatic carbocycles. The van der Waals surface area contributed by atoms with Crippen LogP contribution in [0, 0.1) is 0 Å². The van der Waals surface area contributed by atoms with E-state index >= 15 is 0 Å². The number of aromatic nitrogens is 6. The fourth-order valence-corrected chi connectivity index (χ4v) is 9.00. The number of hydrogen-bond donors (Lipinski definition) is 5. The molecule has 3 saturated heterocycles. The second-order valence-electron chi connectivity index (χ2n) is 14.4. The first-order valence-electron chi connectivity index (χ1n) is 19.3. The van der Waals surface area contributed by atoms with Crippen molar-refractivity contribution in [2.75, 3.05) is 99.3 Å². The third-order valence-corrected chi connectivity index (χ3v) is 12.0. The number of para-hydroxylation sites is 2. The minimum atomic E-state index is -0.962. The molecule has 5 N–H and O–H groups in total. The van der Waals surface area contributed by atoms with E-state index in [1.165, 1.54) is 11.3 Å². The number of hydrogen-bond acceptors (Lipinski definition) is 18. The summed E-state index contributed by atoms with van der Waals surface area (Å²) >= 11 is 9.69. The molecule has 0 saturated carbocycles. The Morgan fingerprint density at radius 3 is 2.03 bits per heavy atom. The monoisotopic (exact) mass is 864 g/mol. The molecule has 6 aromatic rings. The average Bonchev–Trinajstić information content (AvgIpc) is 3.98. The summed E-state index contributed by atoms with van der Waals surface area (Å²) < 4.78 is 24.5. The van der Waals surface area contributed by atoms with Crippen LogP contribution in [0.4, 0.5) is 23.5 Å². The van der Waals surface area contributed by atoms with Crippen molar-refractivity contribution in [1.82, 2.24) is 29.9 Å². The van der Waals surface area contributed by atoms with Gasteiger partial charge in [0.15, 0.2) is 5.79 Å². The first-order valence-corrected chi connectivity index (χ1v) is 21.3. The Kier molecular flexibility index (Phi) is 12.8. The number of rotatable bonds is 11. The van der Waals surface area contributed by atoms with Crippen molar-refractivity contribution in [1.29, 1.82) is 0 Å². The van der Waals surface area contributed by atoms with Crippen molar-refractivity contribution < 1.29 is 29.2 Å². The molecule has 20 heteroatoms. The number of aliphatic hydroxyl groups excluding tert-OH is 2. The molecule has 9 rings (SSSR count). The van der Waals surface area contributed by atoms with Gasteiger partial charge in [0.1, 0.15) is 38.5 Å². The highest BCUT2D eigenvalue weighted by molar-refractivity contribution is 7.22. The van der Waals surface area contributed by atoms with Gasteiger partial charge in [0.05, 0.1) is 71.7 Å². The highest BCUT2D eigenvalue weighted by Gasteiger charge is 2.33. The van der Waals surface area contributed by atoms with Crippen LogP contribution in [0.5, 0.6) is 0 Å². The highest BCUT2D eigenvalue weighted by atomic mass is 35.5. The lowest BCUT2D eigenvalue weighted by molar-refractivity contribution is -0.136. The molecule has 3 aliphatic rings. The number of aliphatic hydroxyl groups is 2. The van der Waals surface area contributed by atoms with Crippen LogP contribution >= 0.6 is 34.3 Å². The summed E-state index contributed by atoms with van der Waals surface area (Å²) in [7, 11) is 0. The average molecular weight is 865 g/mol. The number of fused-ring (bicyclic) bond motifs is 2. The molecule has 2 aromatic carbocycles. The summed E-state index contributed by atoms with van der Waals surface area (Å²) in [6.07, 6.45) is -1.05. The molecule has 17 nitrogen and oxygen atoms in total. The zero-order valence-corrected chi connectivity index (χ0v) is 34.9. The van der Waals surface area contributed by atoms with Gasteiger partial charge in [0.2, 0.25) is 11.9 Å². The number of halogens is 1. The maximum Gasteiger partial charge on any atom is 0.264 e. The largest absolute Gasteiger partial charge is 0.394 e. The van der Waals surface area contributed by atoms with Crippen LogP contribution in [0.1, 0.15) is 13.8 Å². The normalized spacial score (nSPS) is 18.5. The van der Waals surface area contributed by atoms with Crippen LogP contribution in [-0.4, -0.2) is 137 Å². The Balaban J connectivity index is 0.000000165. The summed E-state index contributed by atoms with van der Waals surface area (Å²) in [4.78, 5) is 43.2. The molecular formula is C39H45ClN10O7S2. The van der Waals surface area contributed by atoms with E-state index in [1.54, 1.807) is 11.3 Å². The number of nitrogens with zero attached hydrogens (tertiary/aromatic N) is 7. The van der Waals surface area contributed by atoms with Gasteiger partial charge >= 0.3 is 0 Å². The molecule has 4 aromatic heterocycles. The number of nitrogens with one attached hydrogen (secondary N) is 3. The Hall–Kier alpha value is -4.57. The van der Waals surface area contributed by atoms with Crippen LogP contribution in [0.3, 0.4) is 0 Å². The summed E-state index contributed by atoms with van der Waals surface area (Å²) in [6, 6.07) is 15.7. The number of morpholine rings is 2. The number of benzene rings is 2.